The van der Waals surface area contributed by atoms with E-state index in [2.05, 4.69) is 15.5 Å². The molecular weight excluding hydrogens is 488 g/mol. The van der Waals surface area contributed by atoms with Crippen LogP contribution in [0.2, 0.25) is 0 Å². The molecular formula is C24H28N4O5S2. The number of esters is 1. The Balaban J connectivity index is 1.32. The number of hydrogen-bond acceptors (Lipinski definition) is 9. The molecule has 1 fully saturated rings. The molecule has 186 valence electrons. The first-order chi connectivity index (χ1) is 17.1. The van der Waals surface area contributed by atoms with Crippen LogP contribution in [0.3, 0.4) is 0 Å². The molecule has 3 aromatic heterocycles. The number of rotatable bonds is 8. The molecule has 1 saturated heterocycles. The number of carbonyl (C=O) groups excluding carboxylic acids is 2. The van der Waals surface area contributed by atoms with Crippen molar-refractivity contribution in [1.29, 1.82) is 0 Å². The molecule has 1 N–H and O–H groups in total. The van der Waals surface area contributed by atoms with Crippen LogP contribution in [0.4, 0.5) is 5.00 Å². The molecule has 5 rings (SSSR count). The van der Waals surface area contributed by atoms with Gasteiger partial charge < -0.3 is 19.2 Å². The highest BCUT2D eigenvalue weighted by Gasteiger charge is 2.27. The van der Waals surface area contributed by atoms with Gasteiger partial charge in [-0.15, -0.1) is 21.5 Å². The Morgan fingerprint density at radius 2 is 2.14 bits per heavy atom. The lowest BCUT2D eigenvalue weighted by Crippen LogP contribution is -2.18. The maximum absolute atomic E-state index is 12.9. The van der Waals surface area contributed by atoms with E-state index in [-0.39, 0.29) is 17.8 Å². The van der Waals surface area contributed by atoms with Gasteiger partial charge in [0.05, 0.1) is 37.3 Å². The first-order valence-electron chi connectivity index (χ1n) is 11.9. The van der Waals surface area contributed by atoms with Gasteiger partial charge in [0.25, 0.3) is 0 Å². The number of thiophene rings is 1. The topological polar surface area (TPSA) is 108 Å². The Hall–Kier alpha value is -2.63. The van der Waals surface area contributed by atoms with Gasteiger partial charge in [0.1, 0.15) is 5.00 Å². The highest BCUT2D eigenvalue weighted by atomic mass is 32.2. The lowest BCUT2D eigenvalue weighted by atomic mass is 10.1. The summed E-state index contributed by atoms with van der Waals surface area (Å²) in [4.78, 5) is 26.7. The molecule has 9 nitrogen and oxygen atoms in total. The van der Waals surface area contributed by atoms with Gasteiger partial charge in [0.15, 0.2) is 10.9 Å². The maximum atomic E-state index is 12.9. The van der Waals surface area contributed by atoms with Crippen molar-refractivity contribution in [3.8, 4) is 11.6 Å². The number of thioether (sulfide) groups is 1. The quantitative estimate of drug-likeness (QED) is 0.264. The number of carbonyl (C=O) groups is 2. The monoisotopic (exact) mass is 516 g/mol. The predicted octanol–water partition coefficient (Wildman–Crippen LogP) is 4.56. The second-order valence-corrected chi connectivity index (χ2v) is 10.7. The zero-order valence-corrected chi connectivity index (χ0v) is 21.2. The summed E-state index contributed by atoms with van der Waals surface area (Å²) in [5.41, 5.74) is 1.54. The first kappa shape index (κ1) is 24.1. The molecule has 0 bridgehead atoms. The maximum Gasteiger partial charge on any atom is 0.341 e. The van der Waals surface area contributed by atoms with Crippen molar-refractivity contribution >= 4 is 40.0 Å². The van der Waals surface area contributed by atoms with Crippen molar-refractivity contribution in [2.45, 2.75) is 62.8 Å². The molecule has 0 spiro atoms. The Kier molecular flexibility index (Phi) is 7.54. The third-order valence-electron chi connectivity index (χ3n) is 6.26. The van der Waals surface area contributed by atoms with E-state index in [0.717, 1.165) is 57.1 Å². The third kappa shape index (κ3) is 5.31. The van der Waals surface area contributed by atoms with E-state index in [1.807, 2.05) is 16.7 Å². The van der Waals surface area contributed by atoms with Gasteiger partial charge >= 0.3 is 5.97 Å². The fourth-order valence-electron chi connectivity index (χ4n) is 4.58. The molecule has 1 amide bonds. The number of aromatic nitrogens is 3. The minimum Gasteiger partial charge on any atom is -0.465 e. The van der Waals surface area contributed by atoms with Crippen molar-refractivity contribution in [2.75, 3.05) is 24.8 Å². The van der Waals surface area contributed by atoms with Crippen LogP contribution in [0.15, 0.2) is 28.0 Å². The molecule has 0 aromatic carbocycles. The number of ether oxygens (including phenoxy) is 2. The molecule has 1 aliphatic carbocycles. The minimum atomic E-state index is -0.397. The van der Waals surface area contributed by atoms with Crippen LogP contribution in [0.25, 0.3) is 11.6 Å². The Labute approximate surface area is 211 Å². The summed E-state index contributed by atoms with van der Waals surface area (Å²) >= 11 is 2.79. The summed E-state index contributed by atoms with van der Waals surface area (Å²) in [6, 6.07) is 3.65. The van der Waals surface area contributed by atoms with Gasteiger partial charge in [-0.1, -0.05) is 18.2 Å². The van der Waals surface area contributed by atoms with Crippen LogP contribution in [0, 0.1) is 0 Å². The largest absolute Gasteiger partial charge is 0.465 e. The minimum absolute atomic E-state index is 0.0806. The third-order valence-corrected chi connectivity index (χ3v) is 8.44. The number of nitrogens with zero attached hydrogens (tertiary/aromatic N) is 3. The van der Waals surface area contributed by atoms with Crippen LogP contribution >= 0.6 is 23.1 Å². The number of furan rings is 1. The molecule has 11 heteroatoms. The van der Waals surface area contributed by atoms with Gasteiger partial charge in [-0.05, 0) is 56.2 Å². The highest BCUT2D eigenvalue weighted by molar-refractivity contribution is 7.99. The molecule has 0 saturated carbocycles. The molecule has 0 radical (unpaired) electrons. The van der Waals surface area contributed by atoms with Gasteiger partial charge in [-0.3, -0.25) is 9.36 Å². The molecule has 1 unspecified atom stereocenters. The predicted molar refractivity (Wildman–Crippen MR) is 133 cm³/mol. The van der Waals surface area contributed by atoms with Crippen LogP contribution in [-0.2, 0) is 33.7 Å². The summed E-state index contributed by atoms with van der Waals surface area (Å²) in [5, 5.41) is 12.8. The molecule has 35 heavy (non-hydrogen) atoms. The van der Waals surface area contributed by atoms with Gasteiger partial charge in [0.2, 0.25) is 11.7 Å². The van der Waals surface area contributed by atoms with E-state index < -0.39 is 5.97 Å². The summed E-state index contributed by atoms with van der Waals surface area (Å²) in [7, 11) is 1.38. The number of fused-ring (bicyclic) bond motifs is 1. The molecule has 1 aliphatic heterocycles. The number of anilines is 1. The molecule has 3 aromatic rings. The summed E-state index contributed by atoms with van der Waals surface area (Å²) < 4.78 is 18.4. The highest BCUT2D eigenvalue weighted by Crippen LogP contribution is 2.38. The smallest absolute Gasteiger partial charge is 0.341 e. The number of nitrogens with one attached hydrogen (secondary N) is 1. The van der Waals surface area contributed by atoms with Crippen molar-refractivity contribution in [2.24, 2.45) is 0 Å². The Morgan fingerprint density at radius 3 is 2.91 bits per heavy atom. The van der Waals surface area contributed by atoms with E-state index in [1.54, 1.807) is 6.26 Å². The normalized spacial score (nSPS) is 17.7. The second-order valence-electron chi connectivity index (χ2n) is 8.63. The van der Waals surface area contributed by atoms with Crippen molar-refractivity contribution < 1.29 is 23.5 Å². The van der Waals surface area contributed by atoms with Crippen LogP contribution < -0.4 is 5.32 Å². The lowest BCUT2D eigenvalue weighted by Gasteiger charge is -2.14. The Bertz CT molecular complexity index is 1180. The zero-order valence-electron chi connectivity index (χ0n) is 19.6. The van der Waals surface area contributed by atoms with E-state index in [1.165, 1.54) is 35.1 Å². The zero-order chi connectivity index (χ0) is 24.2. The van der Waals surface area contributed by atoms with Gasteiger partial charge in [-0.25, -0.2) is 4.79 Å². The average molecular weight is 517 g/mol. The standard InChI is InChI=1S/C24H28N4O5S2/c1-31-23(30)20-16-8-3-2-4-10-18(16)35-22(20)25-19(29)14-34-24-27-26-21(17-9-6-12-33-17)28(24)13-15-7-5-11-32-15/h6,9,12,15H,2-5,7-8,10-11,13-14H2,1H3,(H,25,29). The van der Waals surface area contributed by atoms with Gasteiger partial charge in [0, 0.05) is 11.5 Å². The second kappa shape index (κ2) is 11.0. The summed E-state index contributed by atoms with van der Waals surface area (Å²) in [6.07, 6.45) is 8.72. The number of aryl methyl sites for hydroxylation is 1. The van der Waals surface area contributed by atoms with Crippen molar-refractivity contribution in [3.63, 3.8) is 0 Å². The average Bonchev–Trinajstić information content (AvgIpc) is 3.65. The van der Waals surface area contributed by atoms with Crippen LogP contribution in [0.5, 0.6) is 0 Å². The van der Waals surface area contributed by atoms with Gasteiger partial charge in [-0.2, -0.15) is 0 Å². The van der Waals surface area contributed by atoms with E-state index in [9.17, 15) is 9.59 Å². The first-order valence-corrected chi connectivity index (χ1v) is 13.7. The van der Waals surface area contributed by atoms with E-state index >= 15 is 0 Å². The fraction of sp³-hybridized carbons (Fsp3) is 0.500. The lowest BCUT2D eigenvalue weighted by molar-refractivity contribution is -0.113. The summed E-state index contributed by atoms with van der Waals surface area (Å²) in [5.74, 6) is 0.762. The Morgan fingerprint density at radius 1 is 1.26 bits per heavy atom. The number of methoxy groups -OCH3 is 1. The number of hydrogen-bond donors (Lipinski definition) is 1. The summed E-state index contributed by atoms with van der Waals surface area (Å²) in [6.45, 7) is 1.35. The van der Waals surface area contributed by atoms with Crippen molar-refractivity contribution in [3.05, 3.63) is 34.4 Å². The molecule has 2 aliphatic rings. The van der Waals surface area contributed by atoms with Crippen molar-refractivity contribution in [1.82, 2.24) is 14.8 Å². The number of amides is 1. The molecule has 1 atom stereocenters. The van der Waals surface area contributed by atoms with Crippen LogP contribution in [0.1, 0.15) is 52.9 Å². The SMILES string of the molecule is COC(=O)c1c(NC(=O)CSc2nnc(-c3ccco3)n2CC2CCCO2)sc2c1CCCCC2. The van der Waals surface area contributed by atoms with Crippen LogP contribution in [-0.4, -0.2) is 52.2 Å². The fourth-order valence-corrected chi connectivity index (χ4v) is 6.62. The van der Waals surface area contributed by atoms with E-state index in [0.29, 0.717) is 33.9 Å². The molecule has 4 heterocycles. The van der Waals surface area contributed by atoms with E-state index in [4.69, 9.17) is 13.9 Å².